The molecule has 0 aliphatic carbocycles. The van der Waals surface area contributed by atoms with Crippen molar-refractivity contribution in [3.63, 3.8) is 0 Å². The third-order valence-corrected chi connectivity index (χ3v) is 4.44. The van der Waals surface area contributed by atoms with Crippen LogP contribution in [0.15, 0.2) is 55.1 Å². The monoisotopic (exact) mass is 365 g/mol. The molecule has 1 amide bonds. The summed E-state index contributed by atoms with van der Waals surface area (Å²) in [4.78, 5) is 19.6. The molecule has 0 aliphatic rings. The van der Waals surface area contributed by atoms with E-state index in [4.69, 9.17) is 4.74 Å². The minimum absolute atomic E-state index is 0.0949. The summed E-state index contributed by atoms with van der Waals surface area (Å²) in [5, 5.41) is 7.57. The molecular formula is C20H23N5O2. The molecule has 0 bridgehead atoms. The number of carbonyl (C=O) groups excluding carboxylic acids is 1. The van der Waals surface area contributed by atoms with Crippen molar-refractivity contribution in [2.75, 3.05) is 13.7 Å². The Balaban J connectivity index is 1.91. The van der Waals surface area contributed by atoms with Crippen molar-refractivity contribution in [1.82, 2.24) is 24.6 Å². The Labute approximate surface area is 158 Å². The normalized spacial score (nSPS) is 12.0. The largest absolute Gasteiger partial charge is 0.383 e. The van der Waals surface area contributed by atoms with Crippen LogP contribution in [0.2, 0.25) is 0 Å². The van der Waals surface area contributed by atoms with Crippen molar-refractivity contribution >= 4 is 5.91 Å². The van der Waals surface area contributed by atoms with Crippen LogP contribution in [-0.2, 0) is 11.3 Å². The molecule has 140 valence electrons. The second kappa shape index (κ2) is 8.55. The first-order valence-electron chi connectivity index (χ1n) is 8.76. The number of pyridine rings is 1. The lowest BCUT2D eigenvalue weighted by atomic mass is 10.1. The fraction of sp³-hybridized carbons (Fsp3) is 0.300. The number of aryl methyl sites for hydroxylation is 1. The van der Waals surface area contributed by atoms with E-state index < -0.39 is 0 Å². The molecule has 7 nitrogen and oxygen atoms in total. The Bertz CT molecular complexity index is 895. The molecule has 3 aromatic rings. The summed E-state index contributed by atoms with van der Waals surface area (Å²) in [6.45, 7) is 4.96. The Morgan fingerprint density at radius 1 is 1.15 bits per heavy atom. The van der Waals surface area contributed by atoms with Crippen LogP contribution in [0.4, 0.5) is 0 Å². The Morgan fingerprint density at radius 2 is 1.89 bits per heavy atom. The van der Waals surface area contributed by atoms with Gasteiger partial charge in [0.25, 0.3) is 5.91 Å². The van der Waals surface area contributed by atoms with Crippen LogP contribution in [0, 0.1) is 6.92 Å². The summed E-state index contributed by atoms with van der Waals surface area (Å²) >= 11 is 0. The van der Waals surface area contributed by atoms with Crippen molar-refractivity contribution in [1.29, 1.82) is 0 Å². The summed E-state index contributed by atoms with van der Waals surface area (Å²) in [6, 6.07) is 13.3. The highest BCUT2D eigenvalue weighted by molar-refractivity contribution is 5.92. The summed E-state index contributed by atoms with van der Waals surface area (Å²) in [5.74, 6) is 0.457. The van der Waals surface area contributed by atoms with Gasteiger partial charge in [-0.05, 0) is 37.1 Å². The number of amides is 1. The molecule has 0 spiro atoms. The predicted octanol–water partition coefficient (Wildman–Crippen LogP) is 2.65. The number of carbonyl (C=O) groups is 1. The van der Waals surface area contributed by atoms with Gasteiger partial charge < -0.3 is 9.64 Å². The van der Waals surface area contributed by atoms with Gasteiger partial charge in [-0.1, -0.05) is 30.3 Å². The van der Waals surface area contributed by atoms with E-state index in [0.717, 1.165) is 11.1 Å². The van der Waals surface area contributed by atoms with Gasteiger partial charge in [-0.3, -0.25) is 9.36 Å². The highest BCUT2D eigenvalue weighted by Gasteiger charge is 2.23. The third kappa shape index (κ3) is 4.38. The topological polar surface area (TPSA) is 73.1 Å². The molecule has 1 atom stereocenters. The average molecular weight is 365 g/mol. The van der Waals surface area contributed by atoms with E-state index in [1.807, 2.05) is 50.2 Å². The zero-order valence-corrected chi connectivity index (χ0v) is 15.7. The lowest BCUT2D eigenvalue weighted by Crippen LogP contribution is -2.41. The molecule has 2 heterocycles. The number of aromatic nitrogens is 4. The molecule has 0 aliphatic heterocycles. The van der Waals surface area contributed by atoms with Crippen molar-refractivity contribution < 1.29 is 9.53 Å². The number of nitrogens with zero attached hydrogens (tertiary/aromatic N) is 5. The van der Waals surface area contributed by atoms with Crippen molar-refractivity contribution in [3.8, 4) is 5.82 Å². The number of benzene rings is 1. The third-order valence-electron chi connectivity index (χ3n) is 4.44. The van der Waals surface area contributed by atoms with Crippen molar-refractivity contribution in [2.45, 2.75) is 26.4 Å². The van der Waals surface area contributed by atoms with Crippen molar-refractivity contribution in [3.05, 3.63) is 71.9 Å². The van der Waals surface area contributed by atoms with Crippen LogP contribution in [0.5, 0.6) is 0 Å². The number of hydrogen-bond donors (Lipinski definition) is 0. The summed E-state index contributed by atoms with van der Waals surface area (Å²) < 4.78 is 6.95. The van der Waals surface area contributed by atoms with Gasteiger partial charge in [-0.2, -0.15) is 0 Å². The molecule has 7 heteroatoms. The molecule has 0 saturated heterocycles. The molecular weight excluding hydrogens is 342 g/mol. The molecule has 3 rings (SSSR count). The predicted molar refractivity (Wildman–Crippen MR) is 102 cm³/mol. The van der Waals surface area contributed by atoms with Gasteiger partial charge in [0.05, 0.1) is 12.6 Å². The van der Waals surface area contributed by atoms with Crippen LogP contribution in [0.1, 0.15) is 28.5 Å². The maximum absolute atomic E-state index is 13.3. The molecule has 2 aromatic heterocycles. The average Bonchev–Trinajstić information content (AvgIpc) is 3.22. The lowest BCUT2D eigenvalue weighted by Gasteiger charge is -2.29. The van der Waals surface area contributed by atoms with E-state index in [0.29, 0.717) is 24.7 Å². The van der Waals surface area contributed by atoms with E-state index in [1.165, 1.54) is 0 Å². The molecule has 27 heavy (non-hydrogen) atoms. The highest BCUT2D eigenvalue weighted by atomic mass is 16.5. The lowest BCUT2D eigenvalue weighted by molar-refractivity contribution is 0.0536. The van der Waals surface area contributed by atoms with Crippen LogP contribution >= 0.6 is 0 Å². The SMILES string of the molecule is COC[C@@H](C)N(Cc1ccccc1C)C(=O)c1cccc(-n2cnnc2)n1. The zero-order chi connectivity index (χ0) is 19.2. The van der Waals surface area contributed by atoms with E-state index in [9.17, 15) is 4.79 Å². The highest BCUT2D eigenvalue weighted by Crippen LogP contribution is 2.16. The molecule has 0 radical (unpaired) electrons. The van der Waals surface area contributed by atoms with Crippen LogP contribution in [0.3, 0.4) is 0 Å². The molecule has 1 aromatic carbocycles. The van der Waals surface area contributed by atoms with Gasteiger partial charge in [0.2, 0.25) is 0 Å². The Kier molecular flexibility index (Phi) is 5.93. The molecule has 0 N–H and O–H groups in total. The zero-order valence-electron chi connectivity index (χ0n) is 15.7. The second-order valence-electron chi connectivity index (χ2n) is 6.41. The van der Waals surface area contributed by atoms with Gasteiger partial charge in [-0.25, -0.2) is 4.98 Å². The Morgan fingerprint density at radius 3 is 2.59 bits per heavy atom. The number of hydrogen-bond acceptors (Lipinski definition) is 5. The van der Waals surface area contributed by atoms with Crippen LogP contribution in [0.25, 0.3) is 5.82 Å². The molecule has 0 unspecified atom stereocenters. The quantitative estimate of drug-likeness (QED) is 0.644. The van der Waals surface area contributed by atoms with Crippen LogP contribution in [-0.4, -0.2) is 50.3 Å². The maximum Gasteiger partial charge on any atom is 0.273 e. The molecule has 0 fully saturated rings. The van der Waals surface area contributed by atoms with Crippen LogP contribution < -0.4 is 0 Å². The van der Waals surface area contributed by atoms with Gasteiger partial charge in [0, 0.05) is 13.7 Å². The second-order valence-corrected chi connectivity index (χ2v) is 6.41. The van der Waals surface area contributed by atoms with Gasteiger partial charge >= 0.3 is 0 Å². The summed E-state index contributed by atoms with van der Waals surface area (Å²) in [5.41, 5.74) is 2.62. The minimum atomic E-state index is -0.141. The summed E-state index contributed by atoms with van der Waals surface area (Å²) in [7, 11) is 1.64. The van der Waals surface area contributed by atoms with E-state index in [2.05, 4.69) is 15.2 Å². The van der Waals surface area contributed by atoms with Crippen molar-refractivity contribution in [2.24, 2.45) is 0 Å². The van der Waals surface area contributed by atoms with Gasteiger partial charge in [0.1, 0.15) is 24.2 Å². The Hall–Kier alpha value is -3.06. The fourth-order valence-corrected chi connectivity index (χ4v) is 2.88. The van der Waals surface area contributed by atoms with E-state index in [1.54, 1.807) is 35.3 Å². The number of methoxy groups -OCH3 is 1. The maximum atomic E-state index is 13.3. The number of ether oxygens (including phenoxy) is 1. The van der Waals surface area contributed by atoms with E-state index in [-0.39, 0.29) is 11.9 Å². The standard InChI is InChI=1S/C20H23N5O2/c1-15-7-4-5-8-17(15)11-25(16(2)12-27-3)20(26)18-9-6-10-19(23-18)24-13-21-22-14-24/h4-10,13-14,16H,11-12H2,1-3H3/t16-/m1/s1. The smallest absolute Gasteiger partial charge is 0.273 e. The minimum Gasteiger partial charge on any atom is -0.383 e. The fourth-order valence-electron chi connectivity index (χ4n) is 2.88. The first-order chi connectivity index (χ1) is 13.1. The van der Waals surface area contributed by atoms with Gasteiger partial charge in [-0.15, -0.1) is 10.2 Å². The molecule has 0 saturated carbocycles. The first kappa shape index (κ1) is 18.7. The summed E-state index contributed by atoms with van der Waals surface area (Å²) in [6.07, 6.45) is 3.10. The van der Waals surface area contributed by atoms with E-state index >= 15 is 0 Å². The first-order valence-corrected chi connectivity index (χ1v) is 8.76. The van der Waals surface area contributed by atoms with Gasteiger partial charge in [0.15, 0.2) is 0 Å². The number of rotatable bonds is 7.